The van der Waals surface area contributed by atoms with Crippen molar-refractivity contribution in [2.24, 2.45) is 17.8 Å². The number of hydrogen-bond acceptors (Lipinski definition) is 14. The fraction of sp³-hybridized carbons (Fsp3) is 0.962. The quantitative estimate of drug-likeness (QED) is 0.104. The van der Waals surface area contributed by atoms with Crippen molar-refractivity contribution in [3.63, 3.8) is 0 Å². The van der Waals surface area contributed by atoms with Gasteiger partial charge in [-0.05, 0) is 13.3 Å². The molecular weight excluding hydrogens is 552 g/mol. The molecule has 15 heteroatoms. The number of aliphatic hydroxyl groups excluding tert-OH is 6. The topological polar surface area (TPSA) is 223 Å². The zero-order chi connectivity index (χ0) is 30.3. The van der Waals surface area contributed by atoms with E-state index in [0.29, 0.717) is 13.0 Å². The van der Waals surface area contributed by atoms with Gasteiger partial charge in [0, 0.05) is 32.0 Å². The average molecular weight is 599 g/mol. The monoisotopic (exact) mass is 598 g/mol. The van der Waals surface area contributed by atoms with Crippen LogP contribution in [-0.4, -0.2) is 169 Å². The molecule has 0 aromatic carbocycles. The summed E-state index contributed by atoms with van der Waals surface area (Å²) in [7, 11) is 2.92. The SMILES string of the molecule is COCC1CC(C)O[C@@H](COCC2C(O)[C@H](COCC3C(O)[C@H](COC)OC(C(=O)O)[C@@H]3O)OC(CO)[C@@H]2O)C1O. The molecule has 240 valence electrons. The summed E-state index contributed by atoms with van der Waals surface area (Å²) in [5.41, 5.74) is 0. The Morgan fingerprint density at radius 2 is 1.20 bits per heavy atom. The summed E-state index contributed by atoms with van der Waals surface area (Å²) < 4.78 is 38.3. The highest BCUT2D eigenvalue weighted by atomic mass is 16.6. The van der Waals surface area contributed by atoms with E-state index in [4.69, 9.17) is 33.2 Å². The lowest BCUT2D eigenvalue weighted by molar-refractivity contribution is -0.242. The van der Waals surface area contributed by atoms with Crippen LogP contribution in [-0.2, 0) is 38.0 Å². The number of rotatable bonds is 14. The number of ether oxygens (including phenoxy) is 7. The Morgan fingerprint density at radius 3 is 1.73 bits per heavy atom. The van der Waals surface area contributed by atoms with Gasteiger partial charge in [0.1, 0.15) is 24.4 Å². The number of hydrogen-bond donors (Lipinski definition) is 7. The molecule has 3 saturated heterocycles. The molecule has 9 unspecified atom stereocenters. The molecule has 3 heterocycles. The fourth-order valence-electron chi connectivity index (χ4n) is 5.84. The lowest BCUT2D eigenvalue weighted by atomic mass is 9.86. The van der Waals surface area contributed by atoms with E-state index in [2.05, 4.69) is 0 Å². The Balaban J connectivity index is 1.57. The first kappa shape index (κ1) is 34.4. The largest absolute Gasteiger partial charge is 0.479 e. The van der Waals surface area contributed by atoms with Gasteiger partial charge in [-0.3, -0.25) is 0 Å². The van der Waals surface area contributed by atoms with Crippen LogP contribution in [0.2, 0.25) is 0 Å². The van der Waals surface area contributed by atoms with E-state index < -0.39 is 85.5 Å². The maximum absolute atomic E-state index is 11.5. The van der Waals surface area contributed by atoms with Gasteiger partial charge in [-0.15, -0.1) is 0 Å². The fourth-order valence-corrected chi connectivity index (χ4v) is 5.84. The maximum atomic E-state index is 11.5. The van der Waals surface area contributed by atoms with Crippen LogP contribution in [0.25, 0.3) is 0 Å². The minimum Gasteiger partial charge on any atom is -0.479 e. The van der Waals surface area contributed by atoms with E-state index in [9.17, 15) is 40.5 Å². The molecule has 0 aromatic rings. The summed E-state index contributed by atoms with van der Waals surface area (Å²) >= 11 is 0. The van der Waals surface area contributed by atoms with E-state index in [-0.39, 0.29) is 45.1 Å². The van der Waals surface area contributed by atoms with Crippen LogP contribution in [0.3, 0.4) is 0 Å². The third-order valence-corrected chi connectivity index (χ3v) is 8.10. The third kappa shape index (κ3) is 8.53. The molecule has 3 fully saturated rings. The van der Waals surface area contributed by atoms with E-state index in [1.165, 1.54) is 7.11 Å². The maximum Gasteiger partial charge on any atom is 0.335 e. The van der Waals surface area contributed by atoms with Crippen LogP contribution in [0, 0.1) is 17.8 Å². The molecule has 0 spiro atoms. The highest BCUT2D eigenvalue weighted by Gasteiger charge is 2.48. The zero-order valence-electron chi connectivity index (χ0n) is 23.6. The van der Waals surface area contributed by atoms with Crippen LogP contribution in [0.4, 0.5) is 0 Å². The summed E-state index contributed by atoms with van der Waals surface area (Å²) in [5.74, 6) is -3.46. The number of carbonyl (C=O) groups is 1. The number of methoxy groups -OCH3 is 2. The lowest BCUT2D eigenvalue weighted by Gasteiger charge is -2.43. The number of carboxylic acids is 1. The second kappa shape index (κ2) is 16.1. The molecule has 3 aliphatic rings. The van der Waals surface area contributed by atoms with Gasteiger partial charge in [-0.2, -0.15) is 0 Å². The minimum absolute atomic E-state index is 0.000386. The van der Waals surface area contributed by atoms with Gasteiger partial charge < -0.3 is 68.9 Å². The number of aliphatic carboxylic acids is 1. The van der Waals surface area contributed by atoms with Crippen molar-refractivity contribution in [3.05, 3.63) is 0 Å². The standard InChI is InChI=1S/C26H46O15/c1-12-4-13(6-35-2)20(28)18(39-12)10-37-7-14-21(29)16(5-27)40-19(22(14)30)11-38-8-15-23(31)17(9-36-3)41-25(24(15)32)26(33)34/h12-25,27-32H,4-11H2,1-3H3,(H,33,34)/t12?,13?,14?,15?,16?,17-,18-,19-,20?,21+,22?,23?,24+,25?/m0/s1. The van der Waals surface area contributed by atoms with Crippen molar-refractivity contribution in [3.8, 4) is 0 Å². The molecule has 3 aliphatic heterocycles. The molecule has 0 bridgehead atoms. The van der Waals surface area contributed by atoms with Crippen molar-refractivity contribution >= 4 is 5.97 Å². The van der Waals surface area contributed by atoms with Gasteiger partial charge in [0.25, 0.3) is 0 Å². The molecule has 14 atom stereocenters. The van der Waals surface area contributed by atoms with Crippen molar-refractivity contribution in [1.29, 1.82) is 0 Å². The van der Waals surface area contributed by atoms with Gasteiger partial charge in [0.2, 0.25) is 0 Å². The minimum atomic E-state index is -1.60. The predicted molar refractivity (Wildman–Crippen MR) is 137 cm³/mol. The highest BCUT2D eigenvalue weighted by molar-refractivity contribution is 5.73. The first-order valence-corrected chi connectivity index (χ1v) is 13.9. The van der Waals surface area contributed by atoms with E-state index >= 15 is 0 Å². The van der Waals surface area contributed by atoms with E-state index in [1.807, 2.05) is 6.92 Å². The molecule has 7 N–H and O–H groups in total. The third-order valence-electron chi connectivity index (χ3n) is 8.10. The molecule has 0 amide bonds. The van der Waals surface area contributed by atoms with Crippen molar-refractivity contribution < 1.29 is 73.7 Å². The Bertz CT molecular complexity index is 788. The van der Waals surface area contributed by atoms with Crippen LogP contribution >= 0.6 is 0 Å². The normalized spacial score (nSPS) is 43.6. The lowest BCUT2D eigenvalue weighted by Crippen LogP contribution is -2.60. The van der Waals surface area contributed by atoms with Gasteiger partial charge >= 0.3 is 5.97 Å². The van der Waals surface area contributed by atoms with Crippen LogP contribution in [0.15, 0.2) is 0 Å². The molecule has 41 heavy (non-hydrogen) atoms. The molecule has 0 aliphatic carbocycles. The Hall–Kier alpha value is -1.05. The van der Waals surface area contributed by atoms with Gasteiger partial charge in [0.15, 0.2) is 6.10 Å². The summed E-state index contributed by atoms with van der Waals surface area (Å²) in [5, 5.41) is 72.6. The van der Waals surface area contributed by atoms with Gasteiger partial charge in [-0.25, -0.2) is 4.79 Å². The van der Waals surface area contributed by atoms with Crippen molar-refractivity contribution in [2.45, 2.75) is 80.5 Å². The molecule has 0 radical (unpaired) electrons. The molecule has 3 rings (SSSR count). The smallest absolute Gasteiger partial charge is 0.335 e. The molecular formula is C26H46O15. The highest BCUT2D eigenvalue weighted by Crippen LogP contribution is 2.31. The molecule has 0 saturated carbocycles. The van der Waals surface area contributed by atoms with Crippen molar-refractivity contribution in [1.82, 2.24) is 0 Å². The van der Waals surface area contributed by atoms with Crippen LogP contribution in [0.1, 0.15) is 13.3 Å². The summed E-state index contributed by atoms with van der Waals surface area (Å²) in [4.78, 5) is 11.5. The summed E-state index contributed by atoms with van der Waals surface area (Å²) in [6, 6.07) is 0. The Labute approximate surface area is 238 Å². The predicted octanol–water partition coefficient (Wildman–Crippen LogP) is -3.25. The molecule has 15 nitrogen and oxygen atoms in total. The second-order valence-electron chi connectivity index (χ2n) is 11.1. The summed E-state index contributed by atoms with van der Waals surface area (Å²) in [6.45, 7) is 0.920. The number of carboxylic acid groups (broad SMARTS) is 1. The summed E-state index contributed by atoms with van der Waals surface area (Å²) in [6.07, 6.45) is -11.0. The number of aliphatic hydroxyl groups is 6. The van der Waals surface area contributed by atoms with Crippen molar-refractivity contribution in [2.75, 3.05) is 60.5 Å². The van der Waals surface area contributed by atoms with Gasteiger partial charge in [0.05, 0.1) is 82.9 Å². The zero-order valence-corrected chi connectivity index (χ0v) is 23.6. The van der Waals surface area contributed by atoms with Crippen LogP contribution < -0.4 is 0 Å². The first-order valence-electron chi connectivity index (χ1n) is 13.9. The first-order chi connectivity index (χ1) is 19.5. The second-order valence-corrected chi connectivity index (χ2v) is 11.1. The molecule has 0 aromatic heterocycles. The van der Waals surface area contributed by atoms with Crippen LogP contribution in [0.5, 0.6) is 0 Å². The average Bonchev–Trinajstić information content (AvgIpc) is 2.93. The van der Waals surface area contributed by atoms with E-state index in [1.54, 1.807) is 7.11 Å². The Kier molecular flexibility index (Phi) is 13.6. The van der Waals surface area contributed by atoms with E-state index in [0.717, 1.165) is 0 Å². The van der Waals surface area contributed by atoms with Gasteiger partial charge in [-0.1, -0.05) is 0 Å². The Morgan fingerprint density at radius 1 is 0.683 bits per heavy atom.